The Morgan fingerprint density at radius 3 is 2.79 bits per heavy atom. The van der Waals surface area contributed by atoms with E-state index < -0.39 is 11.2 Å². The van der Waals surface area contributed by atoms with E-state index in [1.54, 1.807) is 0 Å². The van der Waals surface area contributed by atoms with Crippen molar-refractivity contribution >= 4 is 5.91 Å². The van der Waals surface area contributed by atoms with Crippen molar-refractivity contribution in [3.05, 3.63) is 68.0 Å². The SMILES string of the molecule is CC(C(=O)NCc1c[nH]c(=O)[nH]c1=O)N1CCc2ccccc2C1. The summed E-state index contributed by atoms with van der Waals surface area (Å²) in [6.07, 6.45) is 2.25. The van der Waals surface area contributed by atoms with Gasteiger partial charge in [-0.05, 0) is 24.5 Å². The molecule has 1 aliphatic rings. The first-order chi connectivity index (χ1) is 11.5. The molecule has 2 aromatic rings. The summed E-state index contributed by atoms with van der Waals surface area (Å²) in [6.45, 7) is 3.51. The van der Waals surface area contributed by atoms with Gasteiger partial charge in [-0.25, -0.2) is 4.79 Å². The first-order valence-electron chi connectivity index (χ1n) is 7.94. The molecule has 3 rings (SSSR count). The summed E-state index contributed by atoms with van der Waals surface area (Å²) in [5.41, 5.74) is 1.86. The lowest BCUT2D eigenvalue weighted by Crippen LogP contribution is -2.47. The third-order valence-electron chi connectivity index (χ3n) is 4.44. The standard InChI is InChI=1S/C17H20N4O3/c1-11(21-7-6-12-4-2-3-5-13(12)10-21)15(22)18-8-14-9-19-17(24)20-16(14)23/h2-5,9,11H,6-8,10H2,1H3,(H,18,22)(H2,19,20,23,24). The van der Waals surface area contributed by atoms with E-state index in [1.807, 2.05) is 19.1 Å². The molecule has 0 fully saturated rings. The second kappa shape index (κ2) is 6.84. The summed E-state index contributed by atoms with van der Waals surface area (Å²) in [5.74, 6) is -0.139. The molecule has 0 saturated heterocycles. The highest BCUT2D eigenvalue weighted by Gasteiger charge is 2.25. The molecule has 0 bridgehead atoms. The molecule has 1 aromatic heterocycles. The lowest BCUT2D eigenvalue weighted by Gasteiger charge is -2.32. The number of fused-ring (bicyclic) bond motifs is 1. The van der Waals surface area contributed by atoms with E-state index in [0.29, 0.717) is 5.56 Å². The van der Waals surface area contributed by atoms with E-state index in [2.05, 4.69) is 32.3 Å². The number of hydrogen-bond donors (Lipinski definition) is 3. The fraction of sp³-hybridized carbons (Fsp3) is 0.353. The summed E-state index contributed by atoms with van der Waals surface area (Å²) in [5, 5.41) is 2.76. The van der Waals surface area contributed by atoms with Crippen LogP contribution in [0, 0.1) is 0 Å². The molecule has 7 heteroatoms. The number of amides is 1. The quantitative estimate of drug-likeness (QED) is 0.743. The number of aromatic nitrogens is 2. The predicted molar refractivity (Wildman–Crippen MR) is 89.5 cm³/mol. The van der Waals surface area contributed by atoms with Crippen molar-refractivity contribution < 1.29 is 4.79 Å². The summed E-state index contributed by atoms with van der Waals surface area (Å²) in [7, 11) is 0. The van der Waals surface area contributed by atoms with Gasteiger partial charge in [0.25, 0.3) is 5.56 Å². The van der Waals surface area contributed by atoms with E-state index in [0.717, 1.165) is 19.5 Å². The van der Waals surface area contributed by atoms with Crippen molar-refractivity contribution in [1.82, 2.24) is 20.2 Å². The zero-order valence-corrected chi connectivity index (χ0v) is 13.5. The normalized spacial score (nSPS) is 15.5. The largest absolute Gasteiger partial charge is 0.350 e. The fourth-order valence-corrected chi connectivity index (χ4v) is 2.91. The molecule has 1 unspecified atom stereocenters. The second-order valence-electron chi connectivity index (χ2n) is 5.98. The Kier molecular flexibility index (Phi) is 4.61. The average molecular weight is 328 g/mol. The predicted octanol–water partition coefficient (Wildman–Crippen LogP) is 0.126. The van der Waals surface area contributed by atoms with Crippen LogP contribution in [0.2, 0.25) is 0 Å². The van der Waals surface area contributed by atoms with Crippen LogP contribution in [0.25, 0.3) is 0 Å². The molecule has 1 amide bonds. The minimum Gasteiger partial charge on any atom is -0.350 e. The number of hydrogen-bond acceptors (Lipinski definition) is 4. The zero-order chi connectivity index (χ0) is 17.1. The molecule has 0 spiro atoms. The third kappa shape index (κ3) is 3.46. The minimum atomic E-state index is -0.560. The number of nitrogens with one attached hydrogen (secondary N) is 3. The van der Waals surface area contributed by atoms with Crippen molar-refractivity contribution in [2.75, 3.05) is 6.54 Å². The van der Waals surface area contributed by atoms with Crippen LogP contribution in [0.5, 0.6) is 0 Å². The van der Waals surface area contributed by atoms with E-state index in [-0.39, 0.29) is 18.5 Å². The highest BCUT2D eigenvalue weighted by atomic mass is 16.2. The van der Waals surface area contributed by atoms with Gasteiger partial charge < -0.3 is 10.3 Å². The average Bonchev–Trinajstić information content (AvgIpc) is 2.59. The lowest BCUT2D eigenvalue weighted by molar-refractivity contribution is -0.126. The van der Waals surface area contributed by atoms with Gasteiger partial charge >= 0.3 is 5.69 Å². The first-order valence-corrected chi connectivity index (χ1v) is 7.94. The smallest absolute Gasteiger partial charge is 0.325 e. The Bertz CT molecular complexity index is 855. The van der Waals surface area contributed by atoms with Crippen molar-refractivity contribution in [2.45, 2.75) is 32.5 Å². The summed E-state index contributed by atoms with van der Waals surface area (Å²) >= 11 is 0. The van der Waals surface area contributed by atoms with Gasteiger partial charge in [-0.3, -0.25) is 19.5 Å². The highest BCUT2D eigenvalue weighted by molar-refractivity contribution is 5.81. The number of aromatic amines is 2. The van der Waals surface area contributed by atoms with Gasteiger partial charge in [-0.2, -0.15) is 0 Å². The van der Waals surface area contributed by atoms with Crippen LogP contribution >= 0.6 is 0 Å². The van der Waals surface area contributed by atoms with Crippen molar-refractivity contribution in [3.63, 3.8) is 0 Å². The number of rotatable bonds is 4. The van der Waals surface area contributed by atoms with Crippen LogP contribution in [0.3, 0.4) is 0 Å². The molecule has 1 aromatic carbocycles. The Labute approximate surface area is 138 Å². The summed E-state index contributed by atoms with van der Waals surface area (Å²) in [4.78, 5) is 41.6. The van der Waals surface area contributed by atoms with Gasteiger partial charge in [0, 0.05) is 25.8 Å². The molecule has 0 saturated carbocycles. The molecular formula is C17H20N4O3. The molecule has 1 aliphatic heterocycles. The minimum absolute atomic E-state index is 0.0830. The fourth-order valence-electron chi connectivity index (χ4n) is 2.91. The number of benzene rings is 1. The molecule has 0 radical (unpaired) electrons. The lowest BCUT2D eigenvalue weighted by atomic mass is 9.99. The molecule has 3 N–H and O–H groups in total. The maximum Gasteiger partial charge on any atom is 0.325 e. The van der Waals surface area contributed by atoms with Gasteiger partial charge in [-0.1, -0.05) is 24.3 Å². The Balaban J connectivity index is 1.61. The summed E-state index contributed by atoms with van der Waals surface area (Å²) in [6, 6.07) is 7.97. The van der Waals surface area contributed by atoms with E-state index in [9.17, 15) is 14.4 Å². The van der Waals surface area contributed by atoms with Crippen LogP contribution in [-0.2, 0) is 24.3 Å². The van der Waals surface area contributed by atoms with Crippen LogP contribution in [0.4, 0.5) is 0 Å². The number of nitrogens with zero attached hydrogens (tertiary/aromatic N) is 1. The van der Waals surface area contributed by atoms with Gasteiger partial charge in [0.05, 0.1) is 11.6 Å². The maximum absolute atomic E-state index is 12.4. The van der Waals surface area contributed by atoms with Gasteiger partial charge in [0.2, 0.25) is 5.91 Å². The molecule has 126 valence electrons. The van der Waals surface area contributed by atoms with Crippen LogP contribution in [0.15, 0.2) is 40.1 Å². The van der Waals surface area contributed by atoms with E-state index in [1.165, 1.54) is 17.3 Å². The molecule has 1 atom stereocenters. The van der Waals surface area contributed by atoms with Gasteiger partial charge in [-0.15, -0.1) is 0 Å². The number of H-pyrrole nitrogens is 2. The van der Waals surface area contributed by atoms with Crippen molar-refractivity contribution in [2.24, 2.45) is 0 Å². The van der Waals surface area contributed by atoms with Gasteiger partial charge in [0.1, 0.15) is 0 Å². The van der Waals surface area contributed by atoms with Gasteiger partial charge in [0.15, 0.2) is 0 Å². The first kappa shape index (κ1) is 16.2. The maximum atomic E-state index is 12.4. The van der Waals surface area contributed by atoms with E-state index in [4.69, 9.17) is 0 Å². The molecule has 2 heterocycles. The zero-order valence-electron chi connectivity index (χ0n) is 13.5. The van der Waals surface area contributed by atoms with Crippen molar-refractivity contribution in [3.8, 4) is 0 Å². The van der Waals surface area contributed by atoms with Crippen molar-refractivity contribution in [1.29, 1.82) is 0 Å². The third-order valence-corrected chi connectivity index (χ3v) is 4.44. The Morgan fingerprint density at radius 2 is 2.04 bits per heavy atom. The molecule has 7 nitrogen and oxygen atoms in total. The monoisotopic (exact) mass is 328 g/mol. The molecular weight excluding hydrogens is 308 g/mol. The van der Waals surface area contributed by atoms with E-state index >= 15 is 0 Å². The highest BCUT2D eigenvalue weighted by Crippen LogP contribution is 2.20. The Morgan fingerprint density at radius 1 is 1.29 bits per heavy atom. The number of carbonyl (C=O) groups is 1. The topological polar surface area (TPSA) is 98.1 Å². The van der Waals surface area contributed by atoms with Crippen LogP contribution in [0.1, 0.15) is 23.6 Å². The number of carbonyl (C=O) groups excluding carboxylic acids is 1. The molecule has 0 aliphatic carbocycles. The Hall–Kier alpha value is -2.67. The molecule has 24 heavy (non-hydrogen) atoms. The second-order valence-corrected chi connectivity index (χ2v) is 5.98. The van der Waals surface area contributed by atoms with Crippen LogP contribution in [-0.4, -0.2) is 33.4 Å². The van der Waals surface area contributed by atoms with Crippen LogP contribution < -0.4 is 16.6 Å². The summed E-state index contributed by atoms with van der Waals surface area (Å²) < 4.78 is 0.